The van der Waals surface area contributed by atoms with Crippen molar-refractivity contribution in [3.63, 3.8) is 0 Å². The van der Waals surface area contributed by atoms with Crippen LogP contribution in [0.3, 0.4) is 0 Å². The zero-order chi connectivity index (χ0) is 19.4. The highest BCUT2D eigenvalue weighted by Gasteiger charge is 2.27. The molecule has 2 aromatic rings. The average Bonchev–Trinajstić information content (AvgIpc) is 2.64. The van der Waals surface area contributed by atoms with E-state index in [0.29, 0.717) is 17.1 Å². The molecule has 0 aromatic heterocycles. The molecule has 1 fully saturated rings. The average molecular weight is 370 g/mol. The van der Waals surface area contributed by atoms with Gasteiger partial charge in [-0.1, -0.05) is 18.2 Å². The van der Waals surface area contributed by atoms with E-state index in [1.54, 1.807) is 30.3 Å². The summed E-state index contributed by atoms with van der Waals surface area (Å²) in [4.78, 5) is 34.6. The van der Waals surface area contributed by atoms with E-state index in [-0.39, 0.29) is 18.0 Å². The first-order valence-electron chi connectivity index (χ1n) is 7.90. The van der Waals surface area contributed by atoms with E-state index in [0.717, 1.165) is 5.56 Å². The maximum Gasteiger partial charge on any atom is 0.328 e. The largest absolute Gasteiger partial charge is 0.493 e. The monoisotopic (exact) mass is 370 g/mol. The second kappa shape index (κ2) is 7.69. The van der Waals surface area contributed by atoms with Gasteiger partial charge in [0.1, 0.15) is 18.0 Å². The molecule has 1 heterocycles. The van der Waals surface area contributed by atoms with E-state index in [1.165, 1.54) is 25.3 Å². The van der Waals surface area contributed by atoms with Gasteiger partial charge < -0.3 is 9.47 Å². The maximum absolute atomic E-state index is 12.9. The Bertz CT molecular complexity index is 916. The molecule has 4 amide bonds. The van der Waals surface area contributed by atoms with Gasteiger partial charge in [-0.05, 0) is 41.5 Å². The number of rotatable bonds is 5. The zero-order valence-corrected chi connectivity index (χ0v) is 14.2. The number of hydrogen-bond donors (Lipinski definition) is 2. The number of carbonyl (C=O) groups is 3. The molecule has 0 aliphatic carbocycles. The van der Waals surface area contributed by atoms with E-state index in [4.69, 9.17) is 9.47 Å². The summed E-state index contributed by atoms with van der Waals surface area (Å²) in [6.45, 7) is 0.212. The summed E-state index contributed by atoms with van der Waals surface area (Å²) in [5.41, 5.74) is 1.09. The van der Waals surface area contributed by atoms with E-state index in [1.807, 2.05) is 10.6 Å². The molecule has 0 bridgehead atoms. The Hall–Kier alpha value is -3.68. The highest BCUT2D eigenvalue weighted by atomic mass is 19.1. The predicted molar refractivity (Wildman–Crippen MR) is 93.4 cm³/mol. The van der Waals surface area contributed by atoms with E-state index in [9.17, 15) is 18.8 Å². The van der Waals surface area contributed by atoms with Crippen LogP contribution in [0.1, 0.15) is 11.1 Å². The third kappa shape index (κ3) is 4.30. The fourth-order valence-electron chi connectivity index (χ4n) is 2.41. The minimum atomic E-state index is -0.857. The summed E-state index contributed by atoms with van der Waals surface area (Å²) >= 11 is 0. The summed E-state index contributed by atoms with van der Waals surface area (Å²) in [5.74, 6) is -1.05. The molecule has 2 N–H and O–H groups in total. The molecular weight excluding hydrogens is 355 g/mol. The van der Waals surface area contributed by atoms with Gasteiger partial charge in [0.25, 0.3) is 11.8 Å². The summed E-state index contributed by atoms with van der Waals surface area (Å²) in [7, 11) is 1.45. The zero-order valence-electron chi connectivity index (χ0n) is 14.2. The lowest BCUT2D eigenvalue weighted by molar-refractivity contribution is -0.123. The summed E-state index contributed by atoms with van der Waals surface area (Å²) in [6, 6.07) is 9.90. The van der Waals surface area contributed by atoms with Gasteiger partial charge in [-0.3, -0.25) is 20.2 Å². The quantitative estimate of drug-likeness (QED) is 0.621. The van der Waals surface area contributed by atoms with Crippen LogP contribution >= 0.6 is 0 Å². The molecule has 1 saturated heterocycles. The Balaban J connectivity index is 1.78. The Kier molecular flexibility index (Phi) is 5.16. The molecule has 1 aliphatic rings. The van der Waals surface area contributed by atoms with Gasteiger partial charge >= 0.3 is 6.03 Å². The minimum Gasteiger partial charge on any atom is -0.493 e. The van der Waals surface area contributed by atoms with Crippen molar-refractivity contribution in [2.24, 2.45) is 0 Å². The van der Waals surface area contributed by atoms with Crippen molar-refractivity contribution in [2.45, 2.75) is 6.61 Å². The number of nitrogens with one attached hydrogen (secondary N) is 2. The van der Waals surface area contributed by atoms with Crippen LogP contribution in [0.2, 0.25) is 0 Å². The third-order valence-corrected chi connectivity index (χ3v) is 3.75. The molecule has 138 valence electrons. The number of benzene rings is 2. The van der Waals surface area contributed by atoms with Crippen LogP contribution in [-0.4, -0.2) is 25.0 Å². The summed E-state index contributed by atoms with van der Waals surface area (Å²) < 4.78 is 23.9. The maximum atomic E-state index is 12.9. The van der Waals surface area contributed by atoms with Gasteiger partial charge in [-0.2, -0.15) is 0 Å². The molecule has 0 atom stereocenters. The van der Waals surface area contributed by atoms with Crippen LogP contribution in [0.5, 0.6) is 11.5 Å². The number of ether oxygens (including phenoxy) is 2. The van der Waals surface area contributed by atoms with Crippen molar-refractivity contribution in [1.82, 2.24) is 10.6 Å². The first-order valence-corrected chi connectivity index (χ1v) is 7.90. The van der Waals surface area contributed by atoms with Gasteiger partial charge in [-0.15, -0.1) is 0 Å². The SMILES string of the molecule is COc1cc(C=C2C(=O)NC(=O)NC2=O)ccc1OCc1ccc(F)cc1. The van der Waals surface area contributed by atoms with E-state index < -0.39 is 17.8 Å². The van der Waals surface area contributed by atoms with Crippen molar-refractivity contribution in [3.05, 3.63) is 65.0 Å². The molecule has 1 aliphatic heterocycles. The Labute approximate surface area is 153 Å². The number of methoxy groups -OCH3 is 1. The smallest absolute Gasteiger partial charge is 0.328 e. The lowest BCUT2D eigenvalue weighted by Gasteiger charge is -2.15. The second-order valence-corrected chi connectivity index (χ2v) is 5.62. The van der Waals surface area contributed by atoms with Crippen molar-refractivity contribution >= 4 is 23.9 Å². The highest BCUT2D eigenvalue weighted by molar-refractivity contribution is 6.31. The number of amides is 4. The van der Waals surface area contributed by atoms with E-state index in [2.05, 4.69) is 0 Å². The van der Waals surface area contributed by atoms with Crippen molar-refractivity contribution in [3.8, 4) is 11.5 Å². The molecule has 0 radical (unpaired) electrons. The molecule has 0 saturated carbocycles. The van der Waals surface area contributed by atoms with Gasteiger partial charge in [0.05, 0.1) is 7.11 Å². The molecule has 7 nitrogen and oxygen atoms in total. The fraction of sp³-hybridized carbons (Fsp3) is 0.105. The Morgan fingerprint density at radius 1 is 0.963 bits per heavy atom. The van der Waals surface area contributed by atoms with Crippen LogP contribution in [0, 0.1) is 5.82 Å². The molecule has 8 heteroatoms. The number of urea groups is 1. The molecule has 27 heavy (non-hydrogen) atoms. The van der Waals surface area contributed by atoms with Gasteiger partial charge in [-0.25, -0.2) is 9.18 Å². The van der Waals surface area contributed by atoms with Crippen molar-refractivity contribution < 1.29 is 28.2 Å². The van der Waals surface area contributed by atoms with Crippen LogP contribution in [-0.2, 0) is 16.2 Å². The number of carbonyl (C=O) groups excluding carboxylic acids is 3. The first-order chi connectivity index (χ1) is 13.0. The van der Waals surface area contributed by atoms with Crippen molar-refractivity contribution in [2.75, 3.05) is 7.11 Å². The van der Waals surface area contributed by atoms with Gasteiger partial charge in [0.15, 0.2) is 11.5 Å². The summed E-state index contributed by atoms with van der Waals surface area (Å²) in [5, 5.41) is 4.00. The number of hydrogen-bond acceptors (Lipinski definition) is 5. The highest BCUT2D eigenvalue weighted by Crippen LogP contribution is 2.30. The molecule has 2 aromatic carbocycles. The fourth-order valence-corrected chi connectivity index (χ4v) is 2.41. The Morgan fingerprint density at radius 3 is 2.26 bits per heavy atom. The van der Waals surface area contributed by atoms with Crippen LogP contribution < -0.4 is 20.1 Å². The number of imide groups is 2. The Morgan fingerprint density at radius 2 is 1.63 bits per heavy atom. The van der Waals surface area contributed by atoms with Crippen LogP contribution in [0.15, 0.2) is 48.0 Å². The van der Waals surface area contributed by atoms with Crippen molar-refractivity contribution in [1.29, 1.82) is 0 Å². The number of barbiturate groups is 1. The molecule has 3 rings (SSSR count). The minimum absolute atomic E-state index is 0.198. The third-order valence-electron chi connectivity index (χ3n) is 3.75. The summed E-state index contributed by atoms with van der Waals surface area (Å²) in [6.07, 6.45) is 1.34. The lowest BCUT2D eigenvalue weighted by atomic mass is 10.1. The van der Waals surface area contributed by atoms with Gasteiger partial charge in [0, 0.05) is 0 Å². The topological polar surface area (TPSA) is 93.7 Å². The number of halogens is 1. The molecule has 0 spiro atoms. The standard InChI is InChI=1S/C19H15FN2O5/c1-26-16-9-12(8-14-17(23)21-19(25)22-18(14)24)4-7-15(16)27-10-11-2-5-13(20)6-3-11/h2-9H,10H2,1H3,(H2,21,22,23,24,25). The predicted octanol–water partition coefficient (Wildman–Crippen LogP) is 2.16. The normalized spacial score (nSPS) is 13.7. The van der Waals surface area contributed by atoms with Gasteiger partial charge in [0.2, 0.25) is 0 Å². The first kappa shape index (κ1) is 18.1. The molecule has 0 unspecified atom stereocenters. The molecular formula is C19H15FN2O5. The van der Waals surface area contributed by atoms with Crippen LogP contribution in [0.4, 0.5) is 9.18 Å². The van der Waals surface area contributed by atoms with E-state index >= 15 is 0 Å². The van der Waals surface area contributed by atoms with Crippen LogP contribution in [0.25, 0.3) is 6.08 Å². The lowest BCUT2D eigenvalue weighted by Crippen LogP contribution is -2.51. The second-order valence-electron chi connectivity index (χ2n) is 5.62.